The highest BCUT2D eigenvalue weighted by Crippen LogP contribution is 2.42. The van der Waals surface area contributed by atoms with Crippen LogP contribution in [0.4, 0.5) is 5.00 Å². The number of thiophene rings is 1. The molecular weight excluding hydrogens is 426 g/mol. The minimum absolute atomic E-state index is 0.0986. The Hall–Kier alpha value is -2.06. The second kappa shape index (κ2) is 9.61. The quantitative estimate of drug-likeness (QED) is 0.513. The molecule has 1 amide bonds. The molecule has 4 rings (SSSR count). The molecule has 0 radical (unpaired) electrons. The molecule has 0 bridgehead atoms. The van der Waals surface area contributed by atoms with E-state index in [1.165, 1.54) is 32.7 Å². The smallest absolute Gasteiger partial charge is 0.291 e. The fraction of sp³-hybridized carbons (Fsp3) is 0.375. The molecule has 1 N–H and O–H groups in total. The molecule has 1 aromatic carbocycles. The molecule has 1 atom stereocenters. The van der Waals surface area contributed by atoms with Gasteiger partial charge in [-0.3, -0.25) is 9.69 Å². The summed E-state index contributed by atoms with van der Waals surface area (Å²) in [5, 5.41) is 4.05. The second-order valence-corrected chi connectivity index (χ2v) is 10.1. The van der Waals surface area contributed by atoms with Crippen molar-refractivity contribution in [2.45, 2.75) is 24.8 Å². The number of nitrogens with zero attached hydrogens (tertiary/aromatic N) is 2. The molecule has 164 valence electrons. The topological polar surface area (TPSA) is 48.7 Å². The molecule has 1 aliphatic rings. The van der Waals surface area contributed by atoms with Crippen molar-refractivity contribution in [3.05, 3.63) is 70.0 Å². The second-order valence-electron chi connectivity index (χ2n) is 7.97. The number of aryl methyl sites for hydroxylation is 1. The van der Waals surface area contributed by atoms with E-state index in [4.69, 9.17) is 4.42 Å². The molecule has 3 aromatic rings. The van der Waals surface area contributed by atoms with E-state index in [1.54, 1.807) is 35.2 Å². The van der Waals surface area contributed by atoms with Crippen molar-refractivity contribution in [2.24, 2.45) is 0 Å². The van der Waals surface area contributed by atoms with E-state index in [0.717, 1.165) is 31.2 Å². The molecule has 1 fully saturated rings. The number of hydrogen-bond acceptors (Lipinski definition) is 6. The maximum absolute atomic E-state index is 12.8. The number of amides is 1. The number of thioether (sulfide) groups is 1. The summed E-state index contributed by atoms with van der Waals surface area (Å²) in [6.07, 6.45) is 3.63. The number of rotatable bonds is 6. The van der Waals surface area contributed by atoms with Gasteiger partial charge in [0.25, 0.3) is 5.91 Å². The normalized spacial score (nSPS) is 16.4. The van der Waals surface area contributed by atoms with Crippen LogP contribution in [0.15, 0.2) is 52.0 Å². The first-order valence-electron chi connectivity index (χ1n) is 10.5. The average molecular weight is 456 g/mol. The highest BCUT2D eigenvalue weighted by Gasteiger charge is 2.31. The number of carbonyl (C=O) groups excluding carboxylic acids is 1. The molecule has 2 aromatic heterocycles. The van der Waals surface area contributed by atoms with Crippen molar-refractivity contribution in [1.82, 2.24) is 9.80 Å². The highest BCUT2D eigenvalue weighted by atomic mass is 32.2. The molecule has 0 spiro atoms. The lowest BCUT2D eigenvalue weighted by molar-refractivity contribution is 0.0996. The number of furan rings is 1. The number of carbonyl (C=O) groups is 1. The number of likely N-dealkylation sites (N-methyl/N-ethyl adjacent to an activating group) is 1. The Labute approximate surface area is 192 Å². The van der Waals surface area contributed by atoms with Gasteiger partial charge >= 0.3 is 0 Å². The molecule has 1 unspecified atom stereocenters. The highest BCUT2D eigenvalue weighted by molar-refractivity contribution is 7.98. The van der Waals surface area contributed by atoms with Crippen LogP contribution in [0.2, 0.25) is 0 Å². The summed E-state index contributed by atoms with van der Waals surface area (Å²) in [6.45, 7) is 8.36. The fourth-order valence-corrected chi connectivity index (χ4v) is 5.56. The van der Waals surface area contributed by atoms with Gasteiger partial charge < -0.3 is 14.6 Å². The molecule has 1 aliphatic heterocycles. The van der Waals surface area contributed by atoms with Gasteiger partial charge in [0.05, 0.1) is 12.3 Å². The zero-order chi connectivity index (χ0) is 22.0. The van der Waals surface area contributed by atoms with Gasteiger partial charge in [0.15, 0.2) is 5.76 Å². The third-order valence-electron chi connectivity index (χ3n) is 6.01. The largest absolute Gasteiger partial charge is 0.459 e. The maximum atomic E-state index is 12.8. The lowest BCUT2D eigenvalue weighted by Crippen LogP contribution is -2.46. The van der Waals surface area contributed by atoms with Gasteiger partial charge in [-0.2, -0.15) is 0 Å². The van der Waals surface area contributed by atoms with Gasteiger partial charge in [0.1, 0.15) is 5.00 Å². The Morgan fingerprint density at radius 3 is 2.45 bits per heavy atom. The number of benzene rings is 1. The van der Waals surface area contributed by atoms with Gasteiger partial charge in [-0.15, -0.1) is 23.1 Å². The fourth-order valence-electron chi connectivity index (χ4n) is 4.07. The molecule has 5 nitrogen and oxygen atoms in total. The van der Waals surface area contributed by atoms with Crippen molar-refractivity contribution in [3.63, 3.8) is 0 Å². The number of nitrogens with one attached hydrogen (secondary N) is 1. The van der Waals surface area contributed by atoms with Crippen molar-refractivity contribution in [2.75, 3.05) is 44.8 Å². The van der Waals surface area contributed by atoms with E-state index in [2.05, 4.69) is 66.5 Å². The summed E-state index contributed by atoms with van der Waals surface area (Å²) >= 11 is 3.40. The van der Waals surface area contributed by atoms with E-state index >= 15 is 0 Å². The molecule has 0 aliphatic carbocycles. The summed E-state index contributed by atoms with van der Waals surface area (Å²) in [5.41, 5.74) is 3.71. The van der Waals surface area contributed by atoms with Crippen LogP contribution in [0.1, 0.15) is 38.2 Å². The van der Waals surface area contributed by atoms with Gasteiger partial charge in [0.2, 0.25) is 0 Å². The predicted molar refractivity (Wildman–Crippen MR) is 130 cm³/mol. The van der Waals surface area contributed by atoms with E-state index in [0.29, 0.717) is 5.76 Å². The number of hydrogen-bond donors (Lipinski definition) is 1. The van der Waals surface area contributed by atoms with Gasteiger partial charge in [-0.05, 0) is 62.5 Å². The standard InChI is InChI=1S/C24H29N3O2S2/c1-16-17(2)31-24(25-23(28)20-6-5-15-29-20)21(16)22(27-13-11-26(3)12-14-27)18-7-9-19(30-4)10-8-18/h5-10,15,22H,11-14H2,1-4H3,(H,25,28). The summed E-state index contributed by atoms with van der Waals surface area (Å²) < 4.78 is 5.32. The number of piperazine rings is 1. The minimum atomic E-state index is -0.206. The molecule has 0 saturated carbocycles. The van der Waals surface area contributed by atoms with E-state index in [1.807, 2.05) is 0 Å². The summed E-state index contributed by atoms with van der Waals surface area (Å²) in [5.74, 6) is 0.123. The van der Waals surface area contributed by atoms with E-state index in [-0.39, 0.29) is 11.9 Å². The lowest BCUT2D eigenvalue weighted by atomic mass is 9.94. The van der Waals surface area contributed by atoms with Gasteiger partial charge in [0, 0.05) is 41.5 Å². The van der Waals surface area contributed by atoms with Crippen molar-refractivity contribution in [1.29, 1.82) is 0 Å². The summed E-state index contributed by atoms with van der Waals surface area (Å²) in [7, 11) is 2.18. The number of anilines is 1. The van der Waals surface area contributed by atoms with Crippen LogP contribution < -0.4 is 5.32 Å². The SMILES string of the molecule is CSc1ccc(C(c2c(NC(=O)c3ccco3)sc(C)c2C)N2CCN(C)CC2)cc1. The van der Waals surface area contributed by atoms with Crippen LogP contribution in [-0.4, -0.2) is 55.2 Å². The van der Waals surface area contributed by atoms with Crippen LogP contribution in [0.25, 0.3) is 0 Å². The molecule has 31 heavy (non-hydrogen) atoms. The third-order valence-corrected chi connectivity index (χ3v) is 7.89. The molecule has 1 saturated heterocycles. The third kappa shape index (κ3) is 4.75. The first-order valence-corrected chi connectivity index (χ1v) is 12.5. The first kappa shape index (κ1) is 22.1. The minimum Gasteiger partial charge on any atom is -0.459 e. The zero-order valence-electron chi connectivity index (χ0n) is 18.5. The van der Waals surface area contributed by atoms with E-state index in [9.17, 15) is 4.79 Å². The van der Waals surface area contributed by atoms with E-state index < -0.39 is 0 Å². The lowest BCUT2D eigenvalue weighted by Gasteiger charge is -2.39. The van der Waals surface area contributed by atoms with Crippen LogP contribution in [0.3, 0.4) is 0 Å². The van der Waals surface area contributed by atoms with Gasteiger partial charge in [-0.1, -0.05) is 12.1 Å². The van der Waals surface area contributed by atoms with Crippen LogP contribution in [0, 0.1) is 13.8 Å². The van der Waals surface area contributed by atoms with Crippen LogP contribution in [0.5, 0.6) is 0 Å². The molecule has 7 heteroatoms. The first-order chi connectivity index (χ1) is 15.0. The zero-order valence-corrected chi connectivity index (χ0v) is 20.1. The van der Waals surface area contributed by atoms with Crippen LogP contribution >= 0.6 is 23.1 Å². The Bertz CT molecular complexity index is 1020. The van der Waals surface area contributed by atoms with Crippen LogP contribution in [-0.2, 0) is 0 Å². The van der Waals surface area contributed by atoms with Crippen molar-refractivity contribution < 1.29 is 9.21 Å². The summed E-state index contributed by atoms with van der Waals surface area (Å²) in [6, 6.07) is 12.4. The Balaban J connectivity index is 1.75. The monoisotopic (exact) mass is 455 g/mol. The maximum Gasteiger partial charge on any atom is 0.291 e. The average Bonchev–Trinajstić information content (AvgIpc) is 3.40. The predicted octanol–water partition coefficient (Wildman–Crippen LogP) is 5.27. The molecular formula is C24H29N3O2S2. The Morgan fingerprint density at radius 2 is 1.84 bits per heavy atom. The van der Waals surface area contributed by atoms with Gasteiger partial charge in [-0.25, -0.2) is 0 Å². The molecule has 3 heterocycles. The summed E-state index contributed by atoms with van der Waals surface area (Å²) in [4.78, 5) is 20.2. The Morgan fingerprint density at radius 1 is 1.13 bits per heavy atom. The Kier molecular flexibility index (Phi) is 6.86. The van der Waals surface area contributed by atoms with Crippen molar-refractivity contribution in [3.8, 4) is 0 Å². The van der Waals surface area contributed by atoms with Crippen molar-refractivity contribution >= 4 is 34.0 Å².